The Morgan fingerprint density at radius 2 is 1.66 bits per heavy atom. The summed E-state index contributed by atoms with van der Waals surface area (Å²) in [5.41, 5.74) is -2.02. The van der Waals surface area contributed by atoms with E-state index in [1.165, 1.54) is 41.4 Å². The molecule has 2 aliphatic rings. The van der Waals surface area contributed by atoms with Gasteiger partial charge in [0.2, 0.25) is 0 Å². The summed E-state index contributed by atoms with van der Waals surface area (Å²) < 4.78 is 82.5. The summed E-state index contributed by atoms with van der Waals surface area (Å²) in [6.45, 7) is -0.254. The molecule has 3 amide bonds. The normalized spacial score (nSPS) is 21.0. The Balaban J connectivity index is 1.54. The highest BCUT2D eigenvalue weighted by Gasteiger charge is 2.63. The van der Waals surface area contributed by atoms with Gasteiger partial charge in [-0.2, -0.15) is 13.2 Å². The second-order valence-electron chi connectivity index (χ2n) is 9.39. The molecule has 0 spiro atoms. The van der Waals surface area contributed by atoms with Crippen molar-refractivity contribution in [2.75, 3.05) is 11.4 Å². The van der Waals surface area contributed by atoms with Crippen LogP contribution in [0, 0.1) is 0 Å². The number of benzene rings is 1. The Morgan fingerprint density at radius 1 is 1.02 bits per heavy atom. The quantitative estimate of drug-likeness (QED) is 0.141. The highest BCUT2D eigenvalue weighted by atomic mass is 35.5. The molecule has 2 aliphatic heterocycles. The topological polar surface area (TPSA) is 84.7 Å². The van der Waals surface area contributed by atoms with Gasteiger partial charge >= 0.3 is 18.6 Å². The van der Waals surface area contributed by atoms with E-state index in [0.717, 1.165) is 27.7 Å². The lowest BCUT2D eigenvalue weighted by Crippen LogP contribution is -2.47. The number of Topliss-reactive ketones (excluding diaryl/α,β-unsaturated/α-hetero) is 1. The van der Waals surface area contributed by atoms with Gasteiger partial charge in [0.1, 0.15) is 21.6 Å². The smallest absolute Gasteiger partial charge is 0.406 e. The van der Waals surface area contributed by atoms with Crippen molar-refractivity contribution >= 4 is 46.6 Å². The van der Waals surface area contributed by atoms with Crippen LogP contribution < -0.4 is 9.64 Å². The van der Waals surface area contributed by atoms with Gasteiger partial charge in [0.15, 0.2) is 0 Å². The predicted molar refractivity (Wildman–Crippen MR) is 132 cm³/mol. The van der Waals surface area contributed by atoms with Crippen LogP contribution in [-0.2, 0) is 11.2 Å². The van der Waals surface area contributed by atoms with Gasteiger partial charge in [0, 0.05) is 25.6 Å². The molecule has 3 aromatic rings. The number of amides is 3. The number of carbonyl (C=O) groups excluding carboxylic acids is 3. The third-order valence-corrected chi connectivity index (χ3v) is 7.22. The second-order valence-corrected chi connectivity index (χ2v) is 10.2. The largest absolute Gasteiger partial charge is 0.573 e. The third-order valence-electron chi connectivity index (χ3n) is 6.83. The fraction of sp³-hybridized carbons (Fsp3) is 0.280. The number of hydrogen-bond donors (Lipinski definition) is 0. The van der Waals surface area contributed by atoms with Crippen LogP contribution in [0.25, 0.3) is 0 Å². The number of fused-ring (bicyclic) bond motifs is 1. The SMILES string of the molecule is O=C1N(c2cc(Cl)nc(Cl)c2)C(=O)[C@@]2(Cc3ccc(OC(F)(F)F)cc3)C[C@H](n3cccc3C(=O)C(F)(F)F)CN12. The number of nitrogens with zero attached hydrogens (tertiary/aromatic N) is 4. The maximum Gasteiger partial charge on any atom is 0.573 e. The number of rotatable bonds is 6. The van der Waals surface area contributed by atoms with E-state index in [4.69, 9.17) is 23.2 Å². The Morgan fingerprint density at radius 3 is 2.24 bits per heavy atom. The predicted octanol–water partition coefficient (Wildman–Crippen LogP) is 6.23. The number of carbonyl (C=O) groups is 3. The standard InChI is InChI=1S/C25H16Cl2F6N4O4/c26-18-8-14(9-19(27)34-18)37-21(39)23(10-13-3-5-16(6-4-13)41-25(31,32)33)11-15(12-36(23)22(37)40)35-7-1-2-17(35)20(38)24(28,29)30/h1-9,15H,10-12H2/t15-,23+/m0/s1. The molecule has 4 heterocycles. The van der Waals surface area contributed by atoms with Crippen molar-refractivity contribution in [3.05, 3.63) is 76.3 Å². The van der Waals surface area contributed by atoms with Gasteiger partial charge in [-0.25, -0.2) is 14.7 Å². The molecule has 1 aromatic carbocycles. The molecule has 2 saturated heterocycles. The molecular formula is C25H16Cl2F6N4O4. The monoisotopic (exact) mass is 620 g/mol. The summed E-state index contributed by atoms with van der Waals surface area (Å²) in [5, 5.41) is -0.232. The molecule has 2 aromatic heterocycles. The lowest BCUT2D eigenvalue weighted by atomic mass is 9.87. The maximum atomic E-state index is 14.0. The average molecular weight is 621 g/mol. The number of ether oxygens (including phenoxy) is 1. The minimum absolute atomic E-state index is 0.00171. The zero-order chi connectivity index (χ0) is 29.9. The molecule has 0 radical (unpaired) electrons. The molecule has 8 nitrogen and oxygen atoms in total. The first-order valence-electron chi connectivity index (χ1n) is 11.7. The molecule has 0 aliphatic carbocycles. The van der Waals surface area contributed by atoms with Crippen molar-refractivity contribution in [2.45, 2.75) is 37.0 Å². The summed E-state index contributed by atoms with van der Waals surface area (Å²) in [7, 11) is 0. The van der Waals surface area contributed by atoms with Crippen LogP contribution in [0.4, 0.5) is 36.8 Å². The van der Waals surface area contributed by atoms with E-state index >= 15 is 0 Å². The Labute approximate surface area is 237 Å². The van der Waals surface area contributed by atoms with E-state index < -0.39 is 53.3 Å². The minimum atomic E-state index is -5.16. The Hall–Kier alpha value is -3.78. The summed E-state index contributed by atoms with van der Waals surface area (Å²) in [6, 6.07) is 7.55. The van der Waals surface area contributed by atoms with Gasteiger partial charge in [0.25, 0.3) is 11.7 Å². The van der Waals surface area contributed by atoms with Crippen molar-refractivity contribution in [3.8, 4) is 5.75 Å². The Bertz CT molecular complexity index is 1520. The van der Waals surface area contributed by atoms with Crippen LogP contribution >= 0.6 is 23.2 Å². The van der Waals surface area contributed by atoms with Gasteiger partial charge in [-0.3, -0.25) is 9.59 Å². The number of imide groups is 1. The molecule has 5 rings (SSSR count). The first-order chi connectivity index (χ1) is 19.1. The van der Waals surface area contributed by atoms with Gasteiger partial charge in [-0.1, -0.05) is 35.3 Å². The first kappa shape index (κ1) is 28.7. The molecule has 0 unspecified atom stereocenters. The van der Waals surface area contributed by atoms with Crippen molar-refractivity contribution in [2.24, 2.45) is 0 Å². The number of urea groups is 1. The van der Waals surface area contributed by atoms with Gasteiger partial charge in [0.05, 0.1) is 17.4 Å². The van der Waals surface area contributed by atoms with E-state index in [2.05, 4.69) is 9.72 Å². The zero-order valence-electron chi connectivity index (χ0n) is 20.3. The highest BCUT2D eigenvalue weighted by molar-refractivity contribution is 6.33. The molecule has 16 heteroatoms. The molecule has 216 valence electrons. The summed E-state index contributed by atoms with van der Waals surface area (Å²) in [4.78, 5) is 45.5. The second kappa shape index (κ2) is 9.94. The fourth-order valence-corrected chi connectivity index (χ4v) is 5.71. The first-order valence-corrected chi connectivity index (χ1v) is 12.5. The van der Waals surface area contributed by atoms with Gasteiger partial charge < -0.3 is 14.2 Å². The van der Waals surface area contributed by atoms with Crippen molar-refractivity contribution in [3.63, 3.8) is 0 Å². The van der Waals surface area contributed by atoms with Crippen LogP contribution in [-0.4, -0.2) is 56.8 Å². The maximum absolute atomic E-state index is 14.0. The van der Waals surface area contributed by atoms with Crippen LogP contribution in [0.5, 0.6) is 5.75 Å². The van der Waals surface area contributed by atoms with E-state index in [0.29, 0.717) is 5.56 Å². The van der Waals surface area contributed by atoms with Crippen molar-refractivity contribution < 1.29 is 45.5 Å². The molecule has 0 bridgehead atoms. The van der Waals surface area contributed by atoms with Crippen LogP contribution in [0.1, 0.15) is 28.5 Å². The fourth-order valence-electron chi connectivity index (χ4n) is 5.26. The van der Waals surface area contributed by atoms with E-state index in [1.54, 1.807) is 0 Å². The number of aromatic nitrogens is 2. The summed E-state index contributed by atoms with van der Waals surface area (Å²) in [5.74, 6) is -3.38. The summed E-state index contributed by atoms with van der Waals surface area (Å²) in [6.07, 6.45) is -9.27. The molecule has 41 heavy (non-hydrogen) atoms. The number of anilines is 1. The summed E-state index contributed by atoms with van der Waals surface area (Å²) >= 11 is 11.9. The van der Waals surface area contributed by atoms with E-state index in [9.17, 15) is 40.7 Å². The van der Waals surface area contributed by atoms with Crippen LogP contribution in [0.15, 0.2) is 54.7 Å². The number of alkyl halides is 6. The highest BCUT2D eigenvalue weighted by Crippen LogP contribution is 2.47. The number of hydrogen-bond acceptors (Lipinski definition) is 5. The number of halogens is 8. The number of pyridine rings is 1. The van der Waals surface area contributed by atoms with E-state index in [1.807, 2.05) is 0 Å². The molecular weight excluding hydrogens is 605 g/mol. The lowest BCUT2D eigenvalue weighted by molar-refractivity contribution is -0.274. The molecule has 2 atom stereocenters. The van der Waals surface area contributed by atoms with Gasteiger partial charge in [-0.15, -0.1) is 13.2 Å². The van der Waals surface area contributed by atoms with Crippen molar-refractivity contribution in [1.29, 1.82) is 0 Å². The molecule has 0 saturated carbocycles. The zero-order valence-corrected chi connectivity index (χ0v) is 21.9. The minimum Gasteiger partial charge on any atom is -0.406 e. The van der Waals surface area contributed by atoms with Crippen molar-refractivity contribution in [1.82, 2.24) is 14.5 Å². The molecule has 0 N–H and O–H groups in total. The van der Waals surface area contributed by atoms with E-state index in [-0.39, 0.29) is 35.4 Å². The number of ketones is 1. The Kier molecular flexibility index (Phi) is 6.97. The average Bonchev–Trinajstić information content (AvgIpc) is 3.52. The third kappa shape index (κ3) is 5.33. The lowest BCUT2D eigenvalue weighted by Gasteiger charge is -2.28. The van der Waals surface area contributed by atoms with Crippen LogP contribution in [0.3, 0.4) is 0 Å². The molecule has 2 fully saturated rings. The van der Waals surface area contributed by atoms with Gasteiger partial charge in [-0.05, 0) is 42.0 Å². The van der Waals surface area contributed by atoms with Crippen LogP contribution in [0.2, 0.25) is 10.3 Å².